The van der Waals surface area contributed by atoms with Gasteiger partial charge in [0.15, 0.2) is 11.5 Å². The summed E-state index contributed by atoms with van der Waals surface area (Å²) in [6.07, 6.45) is 6.06. The van der Waals surface area contributed by atoms with Gasteiger partial charge >= 0.3 is 0 Å². The van der Waals surface area contributed by atoms with E-state index in [1.165, 1.54) is 32.4 Å². The van der Waals surface area contributed by atoms with E-state index in [4.69, 9.17) is 9.47 Å². The molecule has 0 aliphatic heterocycles. The van der Waals surface area contributed by atoms with Gasteiger partial charge in [-0.15, -0.1) is 0 Å². The second-order valence-electron chi connectivity index (χ2n) is 5.39. The molecule has 1 aromatic carbocycles. The van der Waals surface area contributed by atoms with Gasteiger partial charge in [0, 0.05) is 17.7 Å². The summed E-state index contributed by atoms with van der Waals surface area (Å²) in [5, 5.41) is 3.28. The van der Waals surface area contributed by atoms with Crippen molar-refractivity contribution >= 4 is 0 Å². The number of benzene rings is 1. The highest BCUT2D eigenvalue weighted by atomic mass is 19.1. The molecule has 1 N–H and O–H groups in total. The van der Waals surface area contributed by atoms with Crippen LogP contribution in [0.1, 0.15) is 43.7 Å². The van der Waals surface area contributed by atoms with E-state index >= 15 is 0 Å². The van der Waals surface area contributed by atoms with Crippen LogP contribution in [0.5, 0.6) is 11.5 Å². The largest absolute Gasteiger partial charge is 0.493 e. The Morgan fingerprint density at radius 3 is 2.25 bits per heavy atom. The van der Waals surface area contributed by atoms with Gasteiger partial charge in [-0.05, 0) is 31.9 Å². The van der Waals surface area contributed by atoms with Crippen LogP contribution in [0.15, 0.2) is 12.1 Å². The molecule has 1 saturated carbocycles. The van der Waals surface area contributed by atoms with Crippen molar-refractivity contribution in [3.05, 3.63) is 23.5 Å². The molecule has 0 aromatic heterocycles. The van der Waals surface area contributed by atoms with Crippen LogP contribution in [0.3, 0.4) is 0 Å². The second kappa shape index (κ2) is 6.93. The maximum atomic E-state index is 14.4. The van der Waals surface area contributed by atoms with E-state index < -0.39 is 0 Å². The van der Waals surface area contributed by atoms with E-state index in [-0.39, 0.29) is 11.9 Å². The molecule has 1 unspecified atom stereocenters. The van der Waals surface area contributed by atoms with Gasteiger partial charge < -0.3 is 14.8 Å². The number of nitrogens with one attached hydrogen (secondary N) is 1. The lowest BCUT2D eigenvalue weighted by molar-refractivity contribution is 0.275. The first-order valence-electron chi connectivity index (χ1n) is 7.30. The highest BCUT2D eigenvalue weighted by Crippen LogP contribution is 2.39. The fourth-order valence-corrected chi connectivity index (χ4v) is 3.22. The van der Waals surface area contributed by atoms with E-state index in [0.29, 0.717) is 23.0 Å². The normalized spacial score (nSPS) is 17.8. The number of hydrogen-bond donors (Lipinski definition) is 1. The smallest absolute Gasteiger partial charge is 0.163 e. The SMILES string of the molecule is CNC(c1cc(OC)c(OC)cc1F)C1CCCCC1. The van der Waals surface area contributed by atoms with Crippen LogP contribution in [0.25, 0.3) is 0 Å². The van der Waals surface area contributed by atoms with Crippen LogP contribution >= 0.6 is 0 Å². The average Bonchev–Trinajstić information content (AvgIpc) is 2.50. The van der Waals surface area contributed by atoms with Crippen molar-refractivity contribution in [2.45, 2.75) is 38.1 Å². The molecule has 4 heteroatoms. The minimum atomic E-state index is -0.229. The van der Waals surface area contributed by atoms with Gasteiger partial charge in [-0.25, -0.2) is 4.39 Å². The highest BCUT2D eigenvalue weighted by molar-refractivity contribution is 5.44. The summed E-state index contributed by atoms with van der Waals surface area (Å²) in [7, 11) is 5.00. The zero-order valence-corrected chi connectivity index (χ0v) is 12.5. The molecule has 1 atom stereocenters. The van der Waals surface area contributed by atoms with E-state index in [9.17, 15) is 4.39 Å². The van der Waals surface area contributed by atoms with Gasteiger partial charge in [0.2, 0.25) is 0 Å². The third-order valence-corrected chi connectivity index (χ3v) is 4.27. The molecule has 0 amide bonds. The third-order valence-electron chi connectivity index (χ3n) is 4.27. The van der Waals surface area contributed by atoms with Crippen molar-refractivity contribution < 1.29 is 13.9 Å². The number of methoxy groups -OCH3 is 2. The Labute approximate surface area is 120 Å². The molecule has 1 aromatic rings. The molecule has 112 valence electrons. The Hall–Kier alpha value is -1.29. The molecule has 1 aliphatic carbocycles. The number of rotatable bonds is 5. The van der Waals surface area contributed by atoms with Crippen molar-refractivity contribution in [1.82, 2.24) is 5.32 Å². The van der Waals surface area contributed by atoms with E-state index in [2.05, 4.69) is 5.32 Å². The molecule has 20 heavy (non-hydrogen) atoms. The van der Waals surface area contributed by atoms with Gasteiger partial charge in [0.05, 0.1) is 14.2 Å². The van der Waals surface area contributed by atoms with E-state index in [1.54, 1.807) is 13.2 Å². The maximum Gasteiger partial charge on any atom is 0.163 e. The number of hydrogen-bond acceptors (Lipinski definition) is 3. The lowest BCUT2D eigenvalue weighted by atomic mass is 9.81. The quantitative estimate of drug-likeness (QED) is 0.893. The molecule has 1 aliphatic rings. The predicted molar refractivity (Wildman–Crippen MR) is 77.9 cm³/mol. The molecule has 2 rings (SSSR count). The zero-order valence-electron chi connectivity index (χ0n) is 12.5. The zero-order chi connectivity index (χ0) is 14.5. The molecule has 3 nitrogen and oxygen atoms in total. The monoisotopic (exact) mass is 281 g/mol. The van der Waals surface area contributed by atoms with Crippen LogP contribution in [-0.4, -0.2) is 21.3 Å². The van der Waals surface area contributed by atoms with Gasteiger partial charge in [-0.3, -0.25) is 0 Å². The van der Waals surface area contributed by atoms with Crippen LogP contribution < -0.4 is 14.8 Å². The number of ether oxygens (including phenoxy) is 2. The second-order valence-corrected chi connectivity index (χ2v) is 5.39. The van der Waals surface area contributed by atoms with Crippen molar-refractivity contribution in [3.8, 4) is 11.5 Å². The molecular formula is C16H24FNO2. The molecule has 0 spiro atoms. The van der Waals surface area contributed by atoms with Crippen molar-refractivity contribution in [1.29, 1.82) is 0 Å². The van der Waals surface area contributed by atoms with Crippen molar-refractivity contribution in [2.24, 2.45) is 5.92 Å². The van der Waals surface area contributed by atoms with Gasteiger partial charge in [-0.1, -0.05) is 19.3 Å². The predicted octanol–water partition coefficient (Wildman–Crippen LogP) is 3.68. The Bertz CT molecular complexity index is 444. The lowest BCUT2D eigenvalue weighted by Crippen LogP contribution is -2.27. The Kier molecular flexibility index (Phi) is 5.24. The van der Waals surface area contributed by atoms with Crippen LogP contribution in [-0.2, 0) is 0 Å². The summed E-state index contributed by atoms with van der Waals surface area (Å²) in [4.78, 5) is 0. The molecule has 0 saturated heterocycles. The third kappa shape index (κ3) is 3.06. The van der Waals surface area contributed by atoms with Crippen LogP contribution in [0, 0.1) is 11.7 Å². The first-order valence-corrected chi connectivity index (χ1v) is 7.30. The minimum absolute atomic E-state index is 0.0371. The molecule has 1 fully saturated rings. The first-order chi connectivity index (χ1) is 9.71. The van der Waals surface area contributed by atoms with Crippen LogP contribution in [0.2, 0.25) is 0 Å². The fourth-order valence-electron chi connectivity index (χ4n) is 3.22. The summed E-state index contributed by atoms with van der Waals surface area (Å²) in [5.41, 5.74) is 0.678. The Balaban J connectivity index is 2.33. The van der Waals surface area contributed by atoms with Gasteiger partial charge in [0.25, 0.3) is 0 Å². The summed E-state index contributed by atoms with van der Waals surface area (Å²) in [5.74, 6) is 1.28. The average molecular weight is 281 g/mol. The topological polar surface area (TPSA) is 30.5 Å². The minimum Gasteiger partial charge on any atom is -0.493 e. The maximum absolute atomic E-state index is 14.4. The van der Waals surface area contributed by atoms with Gasteiger partial charge in [-0.2, -0.15) is 0 Å². The van der Waals surface area contributed by atoms with Crippen molar-refractivity contribution in [3.63, 3.8) is 0 Å². The summed E-state index contributed by atoms with van der Waals surface area (Å²) in [6.45, 7) is 0. The highest BCUT2D eigenvalue weighted by Gasteiger charge is 2.27. The standard InChI is InChI=1S/C16H24FNO2/c1-18-16(11-7-5-4-6-8-11)12-9-14(19-2)15(20-3)10-13(12)17/h9-11,16,18H,4-8H2,1-3H3. The fraction of sp³-hybridized carbons (Fsp3) is 0.625. The number of halogens is 1. The Morgan fingerprint density at radius 2 is 1.70 bits per heavy atom. The first kappa shape index (κ1) is 15.1. The molecule has 0 bridgehead atoms. The summed E-state index contributed by atoms with van der Waals surface area (Å²) >= 11 is 0. The van der Waals surface area contributed by atoms with Crippen LogP contribution in [0.4, 0.5) is 4.39 Å². The summed E-state index contributed by atoms with van der Waals surface area (Å²) < 4.78 is 24.8. The molecule has 0 heterocycles. The van der Waals surface area contributed by atoms with Crippen molar-refractivity contribution in [2.75, 3.05) is 21.3 Å². The lowest BCUT2D eigenvalue weighted by Gasteiger charge is -2.31. The summed E-state index contributed by atoms with van der Waals surface area (Å²) in [6, 6.07) is 3.22. The molecule has 0 radical (unpaired) electrons. The van der Waals surface area contributed by atoms with E-state index in [1.807, 2.05) is 7.05 Å². The Morgan fingerprint density at radius 1 is 1.10 bits per heavy atom. The van der Waals surface area contributed by atoms with E-state index in [0.717, 1.165) is 12.8 Å². The molecular weight excluding hydrogens is 257 g/mol. The van der Waals surface area contributed by atoms with Gasteiger partial charge in [0.1, 0.15) is 5.82 Å².